The van der Waals surface area contributed by atoms with Gasteiger partial charge in [-0.05, 0) is 55.3 Å². The number of benzene rings is 2. The lowest BCUT2D eigenvalue weighted by Gasteiger charge is -2.20. The molecule has 0 aliphatic rings. The molecular weight excluding hydrogens is 421 g/mol. The molecule has 1 amide bonds. The van der Waals surface area contributed by atoms with Gasteiger partial charge in [0.2, 0.25) is 0 Å². The van der Waals surface area contributed by atoms with Crippen LogP contribution in [0.2, 0.25) is 10.0 Å². The summed E-state index contributed by atoms with van der Waals surface area (Å²) in [6.07, 6.45) is 3.32. The summed E-state index contributed by atoms with van der Waals surface area (Å²) in [5, 5.41) is 9.43. The number of nitrogens with zero attached hydrogens (tertiary/aromatic N) is 4. The van der Waals surface area contributed by atoms with Crippen LogP contribution in [0.1, 0.15) is 35.5 Å². The van der Waals surface area contributed by atoms with Crippen LogP contribution in [0.15, 0.2) is 59.8 Å². The summed E-state index contributed by atoms with van der Waals surface area (Å²) in [4.78, 5) is 14.5. The molecule has 8 heteroatoms. The average Bonchev–Trinajstić information content (AvgIpc) is 3.21. The highest BCUT2D eigenvalue weighted by Crippen LogP contribution is 2.21. The first kappa shape index (κ1) is 21.9. The Labute approximate surface area is 186 Å². The first-order chi connectivity index (χ1) is 14.5. The lowest BCUT2D eigenvalue weighted by molar-refractivity contribution is 0.0949. The number of rotatable bonds is 8. The number of hydrogen-bond acceptors (Lipinski definition) is 4. The van der Waals surface area contributed by atoms with Gasteiger partial charge in [-0.3, -0.25) is 9.48 Å². The molecule has 0 bridgehead atoms. The van der Waals surface area contributed by atoms with Gasteiger partial charge in [0.25, 0.3) is 5.91 Å². The van der Waals surface area contributed by atoms with E-state index in [0.29, 0.717) is 16.6 Å². The minimum absolute atomic E-state index is 0.272. The molecule has 0 saturated carbocycles. The van der Waals surface area contributed by atoms with Gasteiger partial charge >= 0.3 is 0 Å². The van der Waals surface area contributed by atoms with Crippen LogP contribution in [-0.4, -0.2) is 35.0 Å². The highest BCUT2D eigenvalue weighted by atomic mass is 35.5. The second kappa shape index (κ2) is 10.3. The highest BCUT2D eigenvalue weighted by molar-refractivity contribution is 6.35. The summed E-state index contributed by atoms with van der Waals surface area (Å²) >= 11 is 12.1. The van der Waals surface area contributed by atoms with Crippen molar-refractivity contribution in [2.75, 3.05) is 18.0 Å². The molecule has 0 saturated heterocycles. The molecule has 3 rings (SSSR count). The molecule has 3 aromatic rings. The molecule has 1 aromatic heterocycles. The number of carbonyl (C=O) groups is 1. The van der Waals surface area contributed by atoms with Crippen molar-refractivity contribution in [3.05, 3.63) is 81.6 Å². The van der Waals surface area contributed by atoms with Gasteiger partial charge in [-0.2, -0.15) is 10.2 Å². The maximum Gasteiger partial charge on any atom is 0.291 e. The number of amides is 1. The number of hydrogen-bond donors (Lipinski definition) is 1. The van der Waals surface area contributed by atoms with E-state index >= 15 is 0 Å². The van der Waals surface area contributed by atoms with Crippen molar-refractivity contribution >= 4 is 41.0 Å². The molecule has 0 spiro atoms. The zero-order chi connectivity index (χ0) is 21.5. The Morgan fingerprint density at radius 2 is 1.87 bits per heavy atom. The maximum atomic E-state index is 12.3. The predicted octanol–water partition coefficient (Wildman–Crippen LogP) is 4.85. The second-order valence-electron chi connectivity index (χ2n) is 6.60. The van der Waals surface area contributed by atoms with Gasteiger partial charge in [-0.15, -0.1) is 0 Å². The van der Waals surface area contributed by atoms with Crippen molar-refractivity contribution < 1.29 is 4.79 Å². The van der Waals surface area contributed by atoms with Crippen LogP contribution in [-0.2, 0) is 6.54 Å². The Kier molecular flexibility index (Phi) is 7.49. The van der Waals surface area contributed by atoms with Crippen molar-refractivity contribution in [2.24, 2.45) is 5.10 Å². The van der Waals surface area contributed by atoms with Crippen LogP contribution in [0.25, 0.3) is 0 Å². The third-order valence-corrected chi connectivity index (χ3v) is 5.21. The third kappa shape index (κ3) is 5.62. The molecule has 1 N–H and O–H groups in total. The summed E-state index contributed by atoms with van der Waals surface area (Å²) in [6.45, 7) is 6.60. The number of aromatic nitrogens is 2. The van der Waals surface area contributed by atoms with E-state index in [4.69, 9.17) is 23.2 Å². The fourth-order valence-electron chi connectivity index (χ4n) is 2.98. The highest BCUT2D eigenvalue weighted by Gasteiger charge is 2.10. The van der Waals surface area contributed by atoms with E-state index < -0.39 is 0 Å². The zero-order valence-electron chi connectivity index (χ0n) is 16.8. The molecule has 1 heterocycles. The number of hydrazone groups is 1. The molecule has 0 aliphatic heterocycles. The van der Waals surface area contributed by atoms with E-state index in [1.165, 1.54) is 0 Å². The van der Waals surface area contributed by atoms with Gasteiger partial charge in [0, 0.05) is 35.0 Å². The first-order valence-corrected chi connectivity index (χ1v) is 10.4. The van der Waals surface area contributed by atoms with Gasteiger partial charge < -0.3 is 4.90 Å². The van der Waals surface area contributed by atoms with Crippen molar-refractivity contribution in [2.45, 2.75) is 20.4 Å². The Morgan fingerprint density at radius 3 is 2.53 bits per heavy atom. The Balaban J connectivity index is 1.57. The third-order valence-electron chi connectivity index (χ3n) is 4.62. The molecule has 0 aliphatic carbocycles. The fraction of sp³-hybridized carbons (Fsp3) is 0.227. The van der Waals surface area contributed by atoms with E-state index in [1.54, 1.807) is 35.3 Å². The molecular formula is C22H23Cl2N5O. The summed E-state index contributed by atoms with van der Waals surface area (Å²) in [7, 11) is 0. The lowest BCUT2D eigenvalue weighted by atomic mass is 10.2. The van der Waals surface area contributed by atoms with Crippen LogP contribution in [0.3, 0.4) is 0 Å². The maximum absolute atomic E-state index is 12.3. The molecule has 30 heavy (non-hydrogen) atoms. The van der Waals surface area contributed by atoms with E-state index in [2.05, 4.69) is 34.4 Å². The van der Waals surface area contributed by atoms with Crippen LogP contribution < -0.4 is 10.3 Å². The van der Waals surface area contributed by atoms with Gasteiger partial charge in [0.05, 0.1) is 12.8 Å². The predicted molar refractivity (Wildman–Crippen MR) is 123 cm³/mol. The molecule has 0 fully saturated rings. The molecule has 0 atom stereocenters. The van der Waals surface area contributed by atoms with Crippen molar-refractivity contribution in [3.8, 4) is 0 Å². The first-order valence-electron chi connectivity index (χ1n) is 9.66. The molecule has 0 unspecified atom stereocenters. The Bertz CT molecular complexity index is 1030. The molecule has 0 radical (unpaired) electrons. The van der Waals surface area contributed by atoms with Crippen LogP contribution >= 0.6 is 23.2 Å². The number of halogens is 2. The summed E-state index contributed by atoms with van der Waals surface area (Å²) in [5.74, 6) is -0.382. The monoisotopic (exact) mass is 443 g/mol. The molecule has 156 valence electrons. The molecule has 2 aromatic carbocycles. The Hall–Kier alpha value is -2.83. The van der Waals surface area contributed by atoms with Gasteiger partial charge in [0.15, 0.2) is 5.69 Å². The standard InChI is InChI=1S/C22H23Cl2N5O/c1-3-28(4-2)19-9-5-16(6-10-19)14-25-26-22(30)21-11-12-29(27-21)15-17-7-8-18(23)13-20(17)24/h5-14H,3-4,15H2,1-2H3,(H,26,30)/b25-14-. The summed E-state index contributed by atoms with van der Waals surface area (Å²) in [6, 6.07) is 14.9. The lowest BCUT2D eigenvalue weighted by Crippen LogP contribution is -2.21. The molecule has 6 nitrogen and oxygen atoms in total. The largest absolute Gasteiger partial charge is 0.372 e. The van der Waals surface area contributed by atoms with E-state index in [1.807, 2.05) is 30.3 Å². The fourth-order valence-corrected chi connectivity index (χ4v) is 3.45. The van der Waals surface area contributed by atoms with Crippen molar-refractivity contribution in [1.82, 2.24) is 15.2 Å². The summed E-state index contributed by atoms with van der Waals surface area (Å²) < 4.78 is 1.64. The Morgan fingerprint density at radius 1 is 1.13 bits per heavy atom. The summed E-state index contributed by atoms with van der Waals surface area (Å²) in [5.41, 5.74) is 5.70. The normalized spacial score (nSPS) is 11.1. The zero-order valence-corrected chi connectivity index (χ0v) is 18.4. The van der Waals surface area contributed by atoms with Gasteiger partial charge in [-0.1, -0.05) is 41.4 Å². The van der Waals surface area contributed by atoms with Crippen LogP contribution in [0.5, 0.6) is 0 Å². The number of nitrogens with one attached hydrogen (secondary N) is 1. The quantitative estimate of drug-likeness (QED) is 0.399. The van der Waals surface area contributed by atoms with E-state index in [9.17, 15) is 4.79 Å². The van der Waals surface area contributed by atoms with Crippen LogP contribution in [0.4, 0.5) is 5.69 Å². The smallest absolute Gasteiger partial charge is 0.291 e. The average molecular weight is 444 g/mol. The van der Waals surface area contributed by atoms with E-state index in [0.717, 1.165) is 29.9 Å². The van der Waals surface area contributed by atoms with Gasteiger partial charge in [-0.25, -0.2) is 5.43 Å². The minimum Gasteiger partial charge on any atom is -0.372 e. The number of carbonyl (C=O) groups excluding carboxylic acids is 1. The van der Waals surface area contributed by atoms with Crippen molar-refractivity contribution in [3.63, 3.8) is 0 Å². The topological polar surface area (TPSA) is 62.5 Å². The van der Waals surface area contributed by atoms with Crippen LogP contribution in [0, 0.1) is 0 Å². The minimum atomic E-state index is -0.382. The van der Waals surface area contributed by atoms with Crippen molar-refractivity contribution in [1.29, 1.82) is 0 Å². The van der Waals surface area contributed by atoms with E-state index in [-0.39, 0.29) is 11.6 Å². The second-order valence-corrected chi connectivity index (χ2v) is 7.44. The van der Waals surface area contributed by atoms with Gasteiger partial charge in [0.1, 0.15) is 0 Å². The SMILES string of the molecule is CCN(CC)c1ccc(/C=N\NC(=O)c2ccn(Cc3ccc(Cl)cc3Cl)n2)cc1. The number of anilines is 1.